The number of carbonyl (C=O) groups is 3. The van der Waals surface area contributed by atoms with Crippen molar-refractivity contribution in [2.45, 2.75) is 46.2 Å². The highest BCUT2D eigenvalue weighted by molar-refractivity contribution is 7.13. The zero-order valence-corrected chi connectivity index (χ0v) is 20.7. The van der Waals surface area contributed by atoms with Crippen LogP contribution >= 0.6 is 11.3 Å². The van der Waals surface area contributed by atoms with E-state index in [9.17, 15) is 14.4 Å². The Labute approximate surface area is 204 Å². The summed E-state index contributed by atoms with van der Waals surface area (Å²) in [5.41, 5.74) is 3.21. The minimum atomic E-state index is -0.336. The van der Waals surface area contributed by atoms with Crippen LogP contribution in [-0.4, -0.2) is 40.2 Å². The summed E-state index contributed by atoms with van der Waals surface area (Å²) >= 11 is 1.25. The molecule has 0 spiro atoms. The van der Waals surface area contributed by atoms with Gasteiger partial charge in [-0.05, 0) is 45.4 Å². The molecule has 0 bridgehead atoms. The average molecular weight is 479 g/mol. The second kappa shape index (κ2) is 11.6. The molecular weight excluding hydrogens is 448 g/mol. The van der Waals surface area contributed by atoms with Gasteiger partial charge in [-0.15, -0.1) is 11.3 Å². The first-order valence-electron chi connectivity index (χ1n) is 11.2. The fraction of sp³-hybridized carbons (Fsp3) is 0.308. The maximum Gasteiger partial charge on any atom is 0.254 e. The highest BCUT2D eigenvalue weighted by Crippen LogP contribution is 2.17. The van der Waals surface area contributed by atoms with Gasteiger partial charge in [0.15, 0.2) is 5.13 Å². The third-order valence-electron chi connectivity index (χ3n) is 5.31. The Bertz CT molecular complexity index is 1130. The molecule has 1 aromatic heterocycles. The largest absolute Gasteiger partial charge is 0.349 e. The minimum Gasteiger partial charge on any atom is -0.349 e. The van der Waals surface area contributed by atoms with Crippen molar-refractivity contribution < 1.29 is 14.4 Å². The van der Waals surface area contributed by atoms with Crippen molar-refractivity contribution in [3.63, 3.8) is 0 Å². The number of anilines is 1. The Kier molecular flexibility index (Phi) is 8.54. The lowest BCUT2D eigenvalue weighted by molar-refractivity contribution is -0.121. The summed E-state index contributed by atoms with van der Waals surface area (Å²) < 4.78 is 0. The van der Waals surface area contributed by atoms with Crippen LogP contribution < -0.4 is 10.6 Å². The van der Waals surface area contributed by atoms with Crippen LogP contribution in [0.3, 0.4) is 0 Å². The normalized spacial score (nSPS) is 11.7. The van der Waals surface area contributed by atoms with Crippen molar-refractivity contribution in [1.29, 1.82) is 0 Å². The Hall–Kier alpha value is -3.52. The molecule has 3 rings (SSSR count). The molecule has 0 aliphatic carbocycles. The number of aryl methyl sites for hydroxylation is 1. The molecule has 0 saturated heterocycles. The lowest BCUT2D eigenvalue weighted by Gasteiger charge is -2.26. The van der Waals surface area contributed by atoms with Crippen molar-refractivity contribution in [3.05, 3.63) is 82.4 Å². The monoisotopic (exact) mass is 478 g/mol. The van der Waals surface area contributed by atoms with Gasteiger partial charge in [-0.1, -0.05) is 48.0 Å². The maximum absolute atomic E-state index is 12.9. The van der Waals surface area contributed by atoms with Crippen molar-refractivity contribution in [1.82, 2.24) is 15.2 Å². The maximum atomic E-state index is 12.9. The molecule has 1 unspecified atom stereocenters. The zero-order chi connectivity index (χ0) is 24.7. The number of rotatable bonds is 9. The van der Waals surface area contributed by atoms with Gasteiger partial charge in [0.1, 0.15) is 6.54 Å². The summed E-state index contributed by atoms with van der Waals surface area (Å²) in [6.07, 6.45) is 0.119. The van der Waals surface area contributed by atoms with Gasteiger partial charge < -0.3 is 15.5 Å². The molecule has 2 N–H and O–H groups in total. The Morgan fingerprint density at radius 3 is 2.29 bits per heavy atom. The molecule has 0 aliphatic rings. The van der Waals surface area contributed by atoms with Crippen LogP contribution in [0.25, 0.3) is 0 Å². The van der Waals surface area contributed by atoms with Gasteiger partial charge in [0, 0.05) is 17.0 Å². The van der Waals surface area contributed by atoms with Crippen molar-refractivity contribution in [2.75, 3.05) is 11.9 Å². The first-order valence-corrected chi connectivity index (χ1v) is 12.1. The first kappa shape index (κ1) is 25.1. The highest BCUT2D eigenvalue weighted by Gasteiger charge is 2.22. The number of hydrogen-bond donors (Lipinski definition) is 2. The van der Waals surface area contributed by atoms with E-state index in [4.69, 9.17) is 0 Å². The molecule has 34 heavy (non-hydrogen) atoms. The van der Waals surface area contributed by atoms with Crippen LogP contribution in [0.2, 0.25) is 0 Å². The molecule has 3 amide bonds. The third kappa shape index (κ3) is 6.99. The molecule has 0 fully saturated rings. The minimum absolute atomic E-state index is 0.0889. The van der Waals surface area contributed by atoms with E-state index in [1.54, 1.807) is 17.5 Å². The zero-order valence-electron chi connectivity index (χ0n) is 19.9. The molecule has 0 saturated carbocycles. The third-order valence-corrected chi connectivity index (χ3v) is 6.12. The van der Waals surface area contributed by atoms with Crippen LogP contribution in [0.5, 0.6) is 0 Å². The molecule has 0 aliphatic heterocycles. The number of aromatic nitrogens is 1. The quantitative estimate of drug-likeness (QED) is 0.478. The van der Waals surface area contributed by atoms with E-state index >= 15 is 0 Å². The van der Waals surface area contributed by atoms with Gasteiger partial charge in [0.2, 0.25) is 11.8 Å². The second-order valence-corrected chi connectivity index (χ2v) is 9.32. The Balaban J connectivity index is 1.55. The Morgan fingerprint density at radius 2 is 1.65 bits per heavy atom. The van der Waals surface area contributed by atoms with Crippen molar-refractivity contribution in [3.8, 4) is 0 Å². The van der Waals surface area contributed by atoms with Crippen LogP contribution in [0, 0.1) is 6.92 Å². The molecule has 1 atom stereocenters. The predicted molar refractivity (Wildman–Crippen MR) is 135 cm³/mol. The van der Waals surface area contributed by atoms with E-state index in [2.05, 4.69) is 15.6 Å². The lowest BCUT2D eigenvalue weighted by atomic mass is 10.1. The molecular formula is C26H30N4O3S. The number of nitrogens with one attached hydrogen (secondary N) is 2. The van der Waals surface area contributed by atoms with Crippen LogP contribution in [0.15, 0.2) is 60.0 Å². The van der Waals surface area contributed by atoms with Gasteiger partial charge in [0.05, 0.1) is 18.2 Å². The summed E-state index contributed by atoms with van der Waals surface area (Å²) in [6.45, 7) is 7.54. The van der Waals surface area contributed by atoms with Crippen LogP contribution in [0.4, 0.5) is 5.13 Å². The molecule has 8 heteroatoms. The molecule has 1 heterocycles. The van der Waals surface area contributed by atoms with E-state index in [1.807, 2.05) is 70.2 Å². The lowest BCUT2D eigenvalue weighted by Crippen LogP contribution is -2.42. The number of carbonyl (C=O) groups excluding carboxylic acids is 3. The van der Waals surface area contributed by atoms with E-state index < -0.39 is 0 Å². The van der Waals surface area contributed by atoms with E-state index in [0.717, 1.165) is 11.1 Å². The van der Waals surface area contributed by atoms with Gasteiger partial charge >= 0.3 is 0 Å². The number of hydrogen-bond acceptors (Lipinski definition) is 5. The smallest absolute Gasteiger partial charge is 0.254 e. The number of amides is 3. The standard InChI is InChI=1S/C26H30N4O3S/c1-17(2)30(25(33)21-12-10-18(3)11-13-21)15-24(32)29-26-28-22(16-34-26)14-23(31)27-19(4)20-8-6-5-7-9-20/h5-13,16-17,19H,14-15H2,1-4H3,(H,27,31)(H,28,29,32). The molecule has 178 valence electrons. The van der Waals surface area contributed by atoms with Crippen molar-refractivity contribution >= 4 is 34.2 Å². The van der Waals surface area contributed by atoms with Gasteiger partial charge in [-0.3, -0.25) is 14.4 Å². The van der Waals surface area contributed by atoms with E-state index in [0.29, 0.717) is 16.4 Å². The summed E-state index contributed by atoms with van der Waals surface area (Å²) in [5, 5.41) is 7.85. The molecule has 0 radical (unpaired) electrons. The molecule has 3 aromatic rings. The van der Waals surface area contributed by atoms with Crippen LogP contribution in [0.1, 0.15) is 54.0 Å². The van der Waals surface area contributed by atoms with Gasteiger partial charge in [-0.25, -0.2) is 4.98 Å². The van der Waals surface area contributed by atoms with Gasteiger partial charge in [-0.2, -0.15) is 0 Å². The SMILES string of the molecule is Cc1ccc(C(=O)N(CC(=O)Nc2nc(CC(=O)NC(C)c3ccccc3)cs2)C(C)C)cc1. The fourth-order valence-corrected chi connectivity index (χ4v) is 4.12. The number of nitrogens with zero attached hydrogens (tertiary/aromatic N) is 2. The Morgan fingerprint density at radius 1 is 0.971 bits per heavy atom. The topological polar surface area (TPSA) is 91.4 Å². The predicted octanol–water partition coefficient (Wildman–Crippen LogP) is 4.36. The highest BCUT2D eigenvalue weighted by atomic mass is 32.1. The number of benzene rings is 2. The summed E-state index contributed by atoms with van der Waals surface area (Å²) in [4.78, 5) is 43.8. The fourth-order valence-electron chi connectivity index (χ4n) is 3.39. The number of thiazole rings is 1. The van der Waals surface area contributed by atoms with E-state index in [-0.39, 0.29) is 42.8 Å². The summed E-state index contributed by atoms with van der Waals surface area (Å²) in [5.74, 6) is -0.680. The van der Waals surface area contributed by atoms with Crippen molar-refractivity contribution in [2.24, 2.45) is 0 Å². The second-order valence-electron chi connectivity index (χ2n) is 8.46. The van der Waals surface area contributed by atoms with E-state index in [1.165, 1.54) is 16.2 Å². The summed E-state index contributed by atoms with van der Waals surface area (Å²) in [6, 6.07) is 16.7. The average Bonchev–Trinajstić information content (AvgIpc) is 3.24. The van der Waals surface area contributed by atoms with Gasteiger partial charge in [0.25, 0.3) is 5.91 Å². The molecule has 2 aromatic carbocycles. The molecule has 7 nitrogen and oxygen atoms in total. The first-order chi connectivity index (χ1) is 16.2. The van der Waals surface area contributed by atoms with Crippen LogP contribution in [-0.2, 0) is 16.0 Å². The summed E-state index contributed by atoms with van der Waals surface area (Å²) in [7, 11) is 0.